The molecule has 2 rings (SSSR count). The average molecular weight is 306 g/mol. The Morgan fingerprint density at radius 1 is 1.36 bits per heavy atom. The van der Waals surface area contributed by atoms with Gasteiger partial charge >= 0.3 is 0 Å². The Balaban J connectivity index is 2.01. The average Bonchev–Trinajstić information content (AvgIpc) is 2.48. The smallest absolute Gasteiger partial charge is 0.242 e. The van der Waals surface area contributed by atoms with Gasteiger partial charge in [-0.2, -0.15) is 0 Å². The van der Waals surface area contributed by atoms with Gasteiger partial charge in [0.15, 0.2) is 0 Å². The molecule has 1 aromatic rings. The maximum absolute atomic E-state index is 13.7. The first-order valence-electron chi connectivity index (χ1n) is 7.74. The SMILES string of the molecule is CC(=O)N(CC(=O)N1CCCC(C)C1)Cc1ccccc1F. The number of piperidine rings is 1. The molecule has 0 aromatic heterocycles. The number of carbonyl (C=O) groups excluding carboxylic acids is 2. The van der Waals surface area contributed by atoms with Crippen molar-refractivity contribution in [3.05, 3.63) is 35.6 Å². The predicted octanol–water partition coefficient (Wildman–Crippen LogP) is 2.43. The van der Waals surface area contributed by atoms with Crippen LogP contribution in [0.15, 0.2) is 24.3 Å². The summed E-state index contributed by atoms with van der Waals surface area (Å²) in [5, 5.41) is 0. The molecule has 4 nitrogen and oxygen atoms in total. The number of amides is 2. The number of halogens is 1. The van der Waals surface area contributed by atoms with Crippen LogP contribution in [0.5, 0.6) is 0 Å². The van der Waals surface area contributed by atoms with Crippen LogP contribution in [0.3, 0.4) is 0 Å². The monoisotopic (exact) mass is 306 g/mol. The van der Waals surface area contributed by atoms with Gasteiger partial charge in [0.25, 0.3) is 0 Å². The highest BCUT2D eigenvalue weighted by Crippen LogP contribution is 2.16. The molecule has 0 aliphatic carbocycles. The van der Waals surface area contributed by atoms with E-state index in [1.54, 1.807) is 18.2 Å². The lowest BCUT2D eigenvalue weighted by Gasteiger charge is -2.32. The van der Waals surface area contributed by atoms with E-state index < -0.39 is 0 Å². The van der Waals surface area contributed by atoms with Gasteiger partial charge in [0, 0.05) is 32.1 Å². The Morgan fingerprint density at radius 3 is 2.73 bits per heavy atom. The third-order valence-corrected chi connectivity index (χ3v) is 4.10. The van der Waals surface area contributed by atoms with E-state index in [0.717, 1.165) is 25.9 Å². The second-order valence-corrected chi connectivity index (χ2v) is 6.05. The van der Waals surface area contributed by atoms with Crippen molar-refractivity contribution in [1.82, 2.24) is 9.80 Å². The van der Waals surface area contributed by atoms with Crippen molar-refractivity contribution in [3.8, 4) is 0 Å². The molecule has 0 bridgehead atoms. The largest absolute Gasteiger partial charge is 0.341 e. The maximum atomic E-state index is 13.7. The highest BCUT2D eigenvalue weighted by Gasteiger charge is 2.24. The van der Waals surface area contributed by atoms with E-state index >= 15 is 0 Å². The van der Waals surface area contributed by atoms with Gasteiger partial charge in [-0.1, -0.05) is 25.1 Å². The fourth-order valence-electron chi connectivity index (χ4n) is 2.79. The van der Waals surface area contributed by atoms with Gasteiger partial charge < -0.3 is 9.80 Å². The van der Waals surface area contributed by atoms with Crippen LogP contribution in [0.1, 0.15) is 32.3 Å². The quantitative estimate of drug-likeness (QED) is 0.857. The zero-order valence-electron chi connectivity index (χ0n) is 13.2. The van der Waals surface area contributed by atoms with Crippen molar-refractivity contribution in [2.75, 3.05) is 19.6 Å². The summed E-state index contributed by atoms with van der Waals surface area (Å²) in [7, 11) is 0. The summed E-state index contributed by atoms with van der Waals surface area (Å²) in [4.78, 5) is 27.4. The molecule has 1 fully saturated rings. The zero-order valence-corrected chi connectivity index (χ0v) is 13.2. The van der Waals surface area contributed by atoms with Gasteiger partial charge in [-0.15, -0.1) is 0 Å². The second-order valence-electron chi connectivity index (χ2n) is 6.05. The molecule has 2 amide bonds. The molecule has 0 spiro atoms. The molecule has 1 atom stereocenters. The fraction of sp³-hybridized carbons (Fsp3) is 0.529. The summed E-state index contributed by atoms with van der Waals surface area (Å²) in [6.45, 7) is 5.15. The summed E-state index contributed by atoms with van der Waals surface area (Å²) in [5.74, 6) is -0.136. The second kappa shape index (κ2) is 7.38. The van der Waals surface area contributed by atoms with Crippen molar-refractivity contribution in [2.24, 2.45) is 5.92 Å². The van der Waals surface area contributed by atoms with Crippen molar-refractivity contribution >= 4 is 11.8 Å². The Hall–Kier alpha value is -1.91. The molecule has 1 saturated heterocycles. The zero-order chi connectivity index (χ0) is 16.1. The minimum atomic E-state index is -0.354. The van der Waals surface area contributed by atoms with Gasteiger partial charge in [0.1, 0.15) is 12.4 Å². The van der Waals surface area contributed by atoms with Crippen LogP contribution < -0.4 is 0 Å². The first kappa shape index (κ1) is 16.5. The third-order valence-electron chi connectivity index (χ3n) is 4.10. The topological polar surface area (TPSA) is 40.6 Å². The first-order valence-corrected chi connectivity index (χ1v) is 7.74. The summed E-state index contributed by atoms with van der Waals surface area (Å²) in [6.07, 6.45) is 2.13. The van der Waals surface area contributed by atoms with Crippen LogP contribution >= 0.6 is 0 Å². The van der Waals surface area contributed by atoms with Crippen LogP contribution in [0.4, 0.5) is 4.39 Å². The molecular formula is C17H23FN2O2. The number of benzene rings is 1. The van der Waals surface area contributed by atoms with E-state index in [0.29, 0.717) is 11.5 Å². The van der Waals surface area contributed by atoms with E-state index in [-0.39, 0.29) is 30.7 Å². The molecule has 1 aromatic carbocycles. The Morgan fingerprint density at radius 2 is 2.09 bits per heavy atom. The minimum Gasteiger partial charge on any atom is -0.341 e. The molecule has 0 radical (unpaired) electrons. The van der Waals surface area contributed by atoms with E-state index in [9.17, 15) is 14.0 Å². The number of hydrogen-bond donors (Lipinski definition) is 0. The van der Waals surface area contributed by atoms with Gasteiger partial charge in [-0.3, -0.25) is 9.59 Å². The molecular weight excluding hydrogens is 283 g/mol. The molecule has 22 heavy (non-hydrogen) atoms. The van der Waals surface area contributed by atoms with Gasteiger partial charge in [0.2, 0.25) is 11.8 Å². The van der Waals surface area contributed by atoms with Crippen molar-refractivity contribution in [2.45, 2.75) is 33.2 Å². The van der Waals surface area contributed by atoms with Gasteiger partial charge in [-0.05, 0) is 24.8 Å². The third kappa shape index (κ3) is 4.29. The minimum absolute atomic E-state index is 0.0103. The van der Waals surface area contributed by atoms with Crippen LogP contribution in [-0.2, 0) is 16.1 Å². The van der Waals surface area contributed by atoms with Gasteiger partial charge in [0.05, 0.1) is 0 Å². The lowest BCUT2D eigenvalue weighted by Crippen LogP contribution is -2.45. The lowest BCUT2D eigenvalue weighted by molar-refractivity contribution is -0.141. The summed E-state index contributed by atoms with van der Waals surface area (Å²) in [5.41, 5.74) is 0.428. The fourth-order valence-corrected chi connectivity index (χ4v) is 2.79. The van der Waals surface area contributed by atoms with Crippen molar-refractivity contribution < 1.29 is 14.0 Å². The molecule has 0 saturated carbocycles. The maximum Gasteiger partial charge on any atom is 0.242 e. The van der Waals surface area contributed by atoms with Crippen LogP contribution in [-0.4, -0.2) is 41.2 Å². The molecule has 5 heteroatoms. The number of hydrogen-bond acceptors (Lipinski definition) is 2. The standard InChI is InChI=1S/C17H23FN2O2/c1-13-6-5-9-19(10-13)17(22)12-20(14(2)21)11-15-7-3-4-8-16(15)18/h3-4,7-8,13H,5-6,9-12H2,1-2H3. The Kier molecular flexibility index (Phi) is 5.52. The Bertz CT molecular complexity index is 547. The summed E-state index contributed by atoms with van der Waals surface area (Å²) < 4.78 is 13.7. The highest BCUT2D eigenvalue weighted by atomic mass is 19.1. The molecule has 1 aliphatic rings. The van der Waals surface area contributed by atoms with Crippen LogP contribution in [0.2, 0.25) is 0 Å². The van der Waals surface area contributed by atoms with Gasteiger partial charge in [-0.25, -0.2) is 4.39 Å². The molecule has 1 aliphatic heterocycles. The van der Waals surface area contributed by atoms with Crippen molar-refractivity contribution in [1.29, 1.82) is 0 Å². The van der Waals surface area contributed by atoms with Crippen molar-refractivity contribution in [3.63, 3.8) is 0 Å². The van der Waals surface area contributed by atoms with Crippen LogP contribution in [0.25, 0.3) is 0 Å². The summed E-state index contributed by atoms with van der Waals surface area (Å²) >= 11 is 0. The van der Waals surface area contributed by atoms with E-state index in [2.05, 4.69) is 6.92 Å². The van der Waals surface area contributed by atoms with E-state index in [1.165, 1.54) is 17.9 Å². The van der Waals surface area contributed by atoms with Crippen LogP contribution in [0, 0.1) is 11.7 Å². The van der Waals surface area contributed by atoms with E-state index in [1.807, 2.05) is 4.90 Å². The normalized spacial score (nSPS) is 18.1. The number of likely N-dealkylation sites (tertiary alicyclic amines) is 1. The molecule has 1 heterocycles. The predicted molar refractivity (Wildman–Crippen MR) is 82.5 cm³/mol. The first-order chi connectivity index (χ1) is 10.5. The number of nitrogens with zero attached hydrogens (tertiary/aromatic N) is 2. The molecule has 120 valence electrons. The number of carbonyl (C=O) groups is 2. The lowest BCUT2D eigenvalue weighted by atomic mass is 10.0. The summed E-state index contributed by atoms with van der Waals surface area (Å²) in [6, 6.07) is 6.34. The highest BCUT2D eigenvalue weighted by molar-refractivity contribution is 5.83. The van der Waals surface area contributed by atoms with E-state index in [4.69, 9.17) is 0 Å². The number of rotatable bonds is 4. The molecule has 1 unspecified atom stereocenters. The Labute approximate surface area is 130 Å². The molecule has 0 N–H and O–H groups in total.